The number of benzene rings is 2. The van der Waals surface area contributed by atoms with E-state index in [2.05, 4.69) is 9.97 Å². The molecule has 0 atom stereocenters. The van der Waals surface area contributed by atoms with E-state index in [1.54, 1.807) is 23.7 Å². The summed E-state index contributed by atoms with van der Waals surface area (Å²) in [5, 5.41) is 0.514. The molecule has 29 heavy (non-hydrogen) atoms. The first kappa shape index (κ1) is 18.9. The van der Waals surface area contributed by atoms with Gasteiger partial charge in [0.25, 0.3) is 5.56 Å². The van der Waals surface area contributed by atoms with Crippen LogP contribution in [-0.4, -0.2) is 30.6 Å². The minimum absolute atomic E-state index is 0.0308. The second-order valence-electron chi connectivity index (χ2n) is 6.53. The van der Waals surface area contributed by atoms with Gasteiger partial charge in [0, 0.05) is 12.6 Å². The Labute approximate surface area is 170 Å². The second kappa shape index (κ2) is 7.92. The number of rotatable bonds is 6. The molecule has 4 rings (SSSR count). The maximum Gasteiger partial charge on any atom is 0.329 e. The summed E-state index contributed by atoms with van der Waals surface area (Å²) in [7, 11) is 1.56. The summed E-state index contributed by atoms with van der Waals surface area (Å²) in [6.07, 6.45) is 0. The fraction of sp³-hybridized carbons (Fsp3) is 0.143. The quantitative estimate of drug-likeness (QED) is 0.392. The van der Waals surface area contributed by atoms with Gasteiger partial charge in [-0.3, -0.25) is 19.1 Å². The molecule has 1 N–H and O–H groups in total. The van der Waals surface area contributed by atoms with E-state index in [-0.39, 0.29) is 11.5 Å². The Balaban J connectivity index is 1.76. The third kappa shape index (κ3) is 3.79. The molecule has 0 spiro atoms. The Morgan fingerprint density at radius 2 is 1.69 bits per heavy atom. The molecular formula is C21H18N4O3S. The maximum atomic E-state index is 12.5. The van der Waals surface area contributed by atoms with Gasteiger partial charge >= 0.3 is 5.69 Å². The average Bonchev–Trinajstić information content (AvgIpc) is 3.10. The van der Waals surface area contributed by atoms with E-state index in [9.17, 15) is 14.4 Å². The van der Waals surface area contributed by atoms with Crippen LogP contribution in [0.3, 0.4) is 0 Å². The number of nitrogens with zero attached hydrogens (tertiary/aromatic N) is 3. The van der Waals surface area contributed by atoms with Crippen molar-refractivity contribution in [3.63, 3.8) is 0 Å². The van der Waals surface area contributed by atoms with E-state index in [1.165, 1.54) is 16.3 Å². The molecule has 146 valence electrons. The van der Waals surface area contributed by atoms with Crippen LogP contribution in [0, 0.1) is 0 Å². The van der Waals surface area contributed by atoms with Crippen molar-refractivity contribution in [3.8, 4) is 0 Å². The van der Waals surface area contributed by atoms with Gasteiger partial charge in [-0.05, 0) is 5.56 Å². The molecule has 2 aromatic carbocycles. The van der Waals surface area contributed by atoms with Crippen LogP contribution in [0.25, 0.3) is 11.2 Å². The zero-order valence-corrected chi connectivity index (χ0v) is 16.5. The van der Waals surface area contributed by atoms with Crippen LogP contribution in [-0.2, 0) is 13.6 Å². The predicted octanol–water partition coefficient (Wildman–Crippen LogP) is 2.45. The number of carbonyl (C=O) groups excluding carboxylic acids is 1. The fourth-order valence-corrected chi connectivity index (χ4v) is 3.96. The van der Waals surface area contributed by atoms with E-state index >= 15 is 0 Å². The van der Waals surface area contributed by atoms with Gasteiger partial charge in [0.1, 0.15) is 0 Å². The molecular weight excluding hydrogens is 388 g/mol. The highest BCUT2D eigenvalue weighted by atomic mass is 32.2. The van der Waals surface area contributed by atoms with Gasteiger partial charge in [0.2, 0.25) is 0 Å². The predicted molar refractivity (Wildman–Crippen MR) is 113 cm³/mol. The summed E-state index contributed by atoms with van der Waals surface area (Å²) in [5.74, 6) is 0.144. The number of imidazole rings is 1. The molecule has 0 radical (unpaired) electrons. The Morgan fingerprint density at radius 1 is 1.03 bits per heavy atom. The van der Waals surface area contributed by atoms with Crippen molar-refractivity contribution in [2.75, 3.05) is 5.75 Å². The normalized spacial score (nSPS) is 11.1. The van der Waals surface area contributed by atoms with E-state index in [0.29, 0.717) is 28.4 Å². The smallest absolute Gasteiger partial charge is 0.309 e. The van der Waals surface area contributed by atoms with Crippen molar-refractivity contribution in [2.45, 2.75) is 11.7 Å². The standard InChI is InChI=1S/C21H18N4O3S/c1-24-18-17(19(27)23-20(24)28)25(12-14-8-4-2-5-9-14)21(22-18)29-13-16(26)15-10-6-3-7-11-15/h2-11H,12-13H2,1H3,(H,23,27,28). The lowest BCUT2D eigenvalue weighted by atomic mass is 10.2. The van der Waals surface area contributed by atoms with Crippen LogP contribution in [0.4, 0.5) is 0 Å². The van der Waals surface area contributed by atoms with E-state index < -0.39 is 11.2 Å². The minimum Gasteiger partial charge on any atom is -0.309 e. The number of thioether (sulfide) groups is 1. The van der Waals surface area contributed by atoms with Crippen molar-refractivity contribution in [1.29, 1.82) is 0 Å². The summed E-state index contributed by atoms with van der Waals surface area (Å²) in [4.78, 5) is 43.9. The molecule has 0 saturated heterocycles. The van der Waals surface area contributed by atoms with Gasteiger partial charge < -0.3 is 4.57 Å². The first-order valence-corrected chi connectivity index (χ1v) is 9.97. The van der Waals surface area contributed by atoms with Crippen LogP contribution in [0.2, 0.25) is 0 Å². The molecule has 7 nitrogen and oxygen atoms in total. The van der Waals surface area contributed by atoms with Crippen LogP contribution in [0.15, 0.2) is 75.4 Å². The Hall–Kier alpha value is -3.39. The SMILES string of the molecule is Cn1c(=O)[nH]c(=O)c2c1nc(SCC(=O)c1ccccc1)n2Cc1ccccc1. The van der Waals surface area contributed by atoms with Gasteiger partial charge in [-0.15, -0.1) is 0 Å². The summed E-state index contributed by atoms with van der Waals surface area (Å²) in [6, 6.07) is 18.7. The monoisotopic (exact) mass is 406 g/mol. The van der Waals surface area contributed by atoms with Crippen molar-refractivity contribution in [2.24, 2.45) is 7.05 Å². The van der Waals surface area contributed by atoms with Crippen LogP contribution in [0.1, 0.15) is 15.9 Å². The summed E-state index contributed by atoms with van der Waals surface area (Å²) < 4.78 is 3.06. The molecule has 0 bridgehead atoms. The van der Waals surface area contributed by atoms with Crippen molar-refractivity contribution in [3.05, 3.63) is 92.6 Å². The third-order valence-corrected chi connectivity index (χ3v) is 5.56. The number of fused-ring (bicyclic) bond motifs is 1. The van der Waals surface area contributed by atoms with Crippen molar-refractivity contribution in [1.82, 2.24) is 19.1 Å². The van der Waals surface area contributed by atoms with Crippen molar-refractivity contribution >= 4 is 28.7 Å². The number of ketones is 1. The number of aromatic nitrogens is 4. The zero-order chi connectivity index (χ0) is 20.4. The molecule has 0 aliphatic carbocycles. The maximum absolute atomic E-state index is 12.5. The summed E-state index contributed by atoms with van der Waals surface area (Å²) in [5.41, 5.74) is 1.19. The topological polar surface area (TPSA) is 89.8 Å². The molecule has 4 aromatic rings. The molecule has 0 saturated carbocycles. The first-order chi connectivity index (χ1) is 14.0. The summed E-state index contributed by atoms with van der Waals surface area (Å²) >= 11 is 1.25. The highest BCUT2D eigenvalue weighted by molar-refractivity contribution is 7.99. The molecule has 0 aliphatic heterocycles. The highest BCUT2D eigenvalue weighted by Crippen LogP contribution is 2.23. The van der Waals surface area contributed by atoms with Crippen LogP contribution < -0.4 is 11.2 Å². The molecule has 0 unspecified atom stereocenters. The van der Waals surface area contributed by atoms with E-state index in [1.807, 2.05) is 48.5 Å². The molecule has 2 aromatic heterocycles. The van der Waals surface area contributed by atoms with Gasteiger partial charge in [0.15, 0.2) is 22.1 Å². The number of nitrogens with one attached hydrogen (secondary N) is 1. The van der Waals surface area contributed by atoms with Gasteiger partial charge in [-0.1, -0.05) is 72.4 Å². The van der Waals surface area contributed by atoms with Gasteiger partial charge in [-0.2, -0.15) is 0 Å². The molecule has 8 heteroatoms. The third-order valence-electron chi connectivity index (χ3n) is 4.58. The lowest BCUT2D eigenvalue weighted by Crippen LogP contribution is -2.29. The number of carbonyl (C=O) groups is 1. The van der Waals surface area contributed by atoms with E-state index in [4.69, 9.17) is 0 Å². The number of hydrogen-bond acceptors (Lipinski definition) is 5. The largest absolute Gasteiger partial charge is 0.329 e. The van der Waals surface area contributed by atoms with Gasteiger partial charge in [0.05, 0.1) is 12.3 Å². The first-order valence-electron chi connectivity index (χ1n) is 8.99. The number of aromatic amines is 1. The number of H-pyrrole nitrogens is 1. The van der Waals surface area contributed by atoms with Crippen molar-refractivity contribution < 1.29 is 4.79 Å². The Bertz CT molecular complexity index is 1290. The number of hydrogen-bond donors (Lipinski definition) is 1. The van der Waals surface area contributed by atoms with Crippen LogP contribution >= 0.6 is 11.8 Å². The molecule has 0 aliphatic rings. The lowest BCUT2D eigenvalue weighted by Gasteiger charge is -2.08. The molecule has 0 fully saturated rings. The number of aryl methyl sites for hydroxylation is 1. The van der Waals surface area contributed by atoms with E-state index in [0.717, 1.165) is 5.56 Å². The number of Topliss-reactive ketones (excluding diaryl/α,β-unsaturated/α-hetero) is 1. The van der Waals surface area contributed by atoms with Crippen LogP contribution in [0.5, 0.6) is 0 Å². The second-order valence-corrected chi connectivity index (χ2v) is 7.48. The Kier molecular flexibility index (Phi) is 5.18. The fourth-order valence-electron chi connectivity index (χ4n) is 3.07. The average molecular weight is 406 g/mol. The lowest BCUT2D eigenvalue weighted by molar-refractivity contribution is 0.102. The summed E-state index contributed by atoms with van der Waals surface area (Å²) in [6.45, 7) is 0.403. The van der Waals surface area contributed by atoms with Gasteiger partial charge in [-0.25, -0.2) is 9.78 Å². The zero-order valence-electron chi connectivity index (χ0n) is 15.7. The minimum atomic E-state index is -0.524. The Morgan fingerprint density at radius 3 is 2.38 bits per heavy atom. The molecule has 2 heterocycles. The molecule has 0 amide bonds. The highest BCUT2D eigenvalue weighted by Gasteiger charge is 2.19.